The standard InChI is InChI=1S/C18H36N2O3Si.C7H8O3S/c1-15(12-16-8-6-5-7-9-16)13-20(14-17(19)21)18(22)23-10-11-24(2,3)4;1-6-2-4-7(5-3-6)11(8,9)10/h15-16H,5-14H2,1-4H3,(H2,19,21);2-5H,1H3,(H,8,9,10)/t15-;/m0./s1. The number of aryl methyl sites for hydroxylation is 1. The molecule has 0 saturated heterocycles. The zero-order valence-electron chi connectivity index (χ0n) is 22.0. The van der Waals surface area contributed by atoms with Gasteiger partial charge in [-0.3, -0.25) is 14.2 Å². The average molecular weight is 529 g/mol. The van der Waals surface area contributed by atoms with Gasteiger partial charge in [0.2, 0.25) is 5.91 Å². The van der Waals surface area contributed by atoms with E-state index in [0.29, 0.717) is 19.1 Å². The third kappa shape index (κ3) is 14.3. The van der Waals surface area contributed by atoms with Crippen LogP contribution in [0.5, 0.6) is 0 Å². The van der Waals surface area contributed by atoms with Crippen molar-refractivity contribution in [3.63, 3.8) is 0 Å². The number of hydrogen-bond donors (Lipinski definition) is 2. The van der Waals surface area contributed by atoms with Gasteiger partial charge in [0, 0.05) is 14.6 Å². The summed E-state index contributed by atoms with van der Waals surface area (Å²) < 4.78 is 34.9. The number of nitrogens with two attached hydrogens (primary N) is 1. The Morgan fingerprint density at radius 2 is 1.71 bits per heavy atom. The second kappa shape index (κ2) is 14.6. The lowest BCUT2D eigenvalue weighted by Gasteiger charge is -2.28. The normalized spacial score (nSPS) is 15.5. The van der Waals surface area contributed by atoms with Gasteiger partial charge in [-0.15, -0.1) is 0 Å². The zero-order valence-corrected chi connectivity index (χ0v) is 23.8. The number of primary amides is 1. The highest BCUT2D eigenvalue weighted by molar-refractivity contribution is 7.85. The molecule has 0 aromatic heterocycles. The number of carbonyl (C=O) groups excluding carboxylic acids is 2. The summed E-state index contributed by atoms with van der Waals surface area (Å²) in [4.78, 5) is 25.0. The molecule has 1 aliphatic rings. The molecule has 35 heavy (non-hydrogen) atoms. The van der Waals surface area contributed by atoms with Gasteiger partial charge in [0.1, 0.15) is 6.54 Å². The van der Waals surface area contributed by atoms with Gasteiger partial charge in [0.25, 0.3) is 10.1 Å². The molecule has 1 aromatic carbocycles. The number of hydrogen-bond acceptors (Lipinski definition) is 5. The van der Waals surface area contributed by atoms with E-state index in [9.17, 15) is 18.0 Å². The Kier molecular flexibility index (Phi) is 13.0. The maximum Gasteiger partial charge on any atom is 0.410 e. The lowest BCUT2D eigenvalue weighted by atomic mass is 9.83. The summed E-state index contributed by atoms with van der Waals surface area (Å²) in [6.45, 7) is 11.6. The van der Waals surface area contributed by atoms with Crippen LogP contribution in [0.25, 0.3) is 0 Å². The molecule has 1 fully saturated rings. The Balaban J connectivity index is 0.000000462. The van der Waals surface area contributed by atoms with Gasteiger partial charge >= 0.3 is 6.09 Å². The first-order valence-electron chi connectivity index (χ1n) is 12.4. The predicted octanol–water partition coefficient (Wildman–Crippen LogP) is 5.10. The molecule has 0 aliphatic heterocycles. The second-order valence-electron chi connectivity index (χ2n) is 10.9. The van der Waals surface area contributed by atoms with E-state index >= 15 is 0 Å². The molecule has 8 nitrogen and oxygen atoms in total. The fraction of sp³-hybridized carbons (Fsp3) is 0.680. The van der Waals surface area contributed by atoms with Crippen molar-refractivity contribution in [2.75, 3.05) is 19.7 Å². The van der Waals surface area contributed by atoms with Crippen molar-refractivity contribution < 1.29 is 27.3 Å². The lowest BCUT2D eigenvalue weighted by Crippen LogP contribution is -2.42. The molecule has 200 valence electrons. The quantitative estimate of drug-likeness (QED) is 0.321. The van der Waals surface area contributed by atoms with Gasteiger partial charge in [-0.25, -0.2) is 4.79 Å². The Bertz CT molecular complexity index is 894. The first kappa shape index (κ1) is 31.1. The second-order valence-corrected chi connectivity index (χ2v) is 17.9. The largest absolute Gasteiger partial charge is 0.450 e. The highest BCUT2D eigenvalue weighted by atomic mass is 32.2. The molecule has 1 aliphatic carbocycles. The van der Waals surface area contributed by atoms with Gasteiger partial charge in [-0.1, -0.05) is 76.4 Å². The molecule has 0 bridgehead atoms. The van der Waals surface area contributed by atoms with Crippen LogP contribution in [0.4, 0.5) is 4.79 Å². The molecule has 0 spiro atoms. The fourth-order valence-corrected chi connectivity index (χ4v) is 5.27. The molecule has 0 unspecified atom stereocenters. The van der Waals surface area contributed by atoms with Crippen LogP contribution in [0.2, 0.25) is 25.7 Å². The van der Waals surface area contributed by atoms with Crippen LogP contribution < -0.4 is 5.73 Å². The Morgan fingerprint density at radius 1 is 1.14 bits per heavy atom. The first-order chi connectivity index (χ1) is 16.2. The smallest absolute Gasteiger partial charge is 0.410 e. The van der Waals surface area contributed by atoms with E-state index in [1.807, 2.05) is 6.92 Å². The summed E-state index contributed by atoms with van der Waals surface area (Å²) in [5, 5.41) is 0. The number of amides is 2. The minimum atomic E-state index is -4.02. The topological polar surface area (TPSA) is 127 Å². The molecule has 3 N–H and O–H groups in total. The van der Waals surface area contributed by atoms with Gasteiger partial charge < -0.3 is 10.5 Å². The minimum absolute atomic E-state index is 0.0548. The van der Waals surface area contributed by atoms with E-state index in [1.54, 1.807) is 12.1 Å². The summed E-state index contributed by atoms with van der Waals surface area (Å²) in [6, 6.07) is 6.92. The molecule has 1 aromatic rings. The van der Waals surface area contributed by atoms with Crippen molar-refractivity contribution in [1.29, 1.82) is 0 Å². The average Bonchev–Trinajstić information content (AvgIpc) is 2.73. The van der Waals surface area contributed by atoms with Crippen molar-refractivity contribution in [2.45, 2.75) is 83.0 Å². The predicted molar refractivity (Wildman–Crippen MR) is 142 cm³/mol. The number of ether oxygens (including phenoxy) is 1. The van der Waals surface area contributed by atoms with E-state index < -0.39 is 30.2 Å². The molecule has 2 amide bonds. The summed E-state index contributed by atoms with van der Waals surface area (Å²) in [6.07, 6.45) is 7.28. The number of benzene rings is 1. The summed E-state index contributed by atoms with van der Waals surface area (Å²) in [7, 11) is -5.26. The van der Waals surface area contributed by atoms with Gasteiger partial charge in [-0.05, 0) is 43.4 Å². The van der Waals surface area contributed by atoms with Crippen molar-refractivity contribution in [3.8, 4) is 0 Å². The molecule has 10 heteroatoms. The number of rotatable bonds is 10. The van der Waals surface area contributed by atoms with Crippen LogP contribution in [0.1, 0.15) is 51.0 Å². The number of carbonyl (C=O) groups is 2. The highest BCUT2D eigenvalue weighted by Gasteiger charge is 2.23. The van der Waals surface area contributed by atoms with Gasteiger partial charge in [0.05, 0.1) is 11.5 Å². The monoisotopic (exact) mass is 528 g/mol. The van der Waals surface area contributed by atoms with Crippen molar-refractivity contribution in [3.05, 3.63) is 29.8 Å². The maximum absolute atomic E-state index is 12.3. The number of nitrogens with zero attached hydrogens (tertiary/aromatic N) is 1. The van der Waals surface area contributed by atoms with Gasteiger partial charge in [0.15, 0.2) is 0 Å². The summed E-state index contributed by atoms with van der Waals surface area (Å²) in [5.74, 6) is 0.631. The van der Waals surface area contributed by atoms with Crippen LogP contribution in [-0.4, -0.2) is 57.6 Å². The SMILES string of the molecule is C[C@@H](CC1CCCCC1)CN(CC(N)=O)C(=O)OCC[Si](C)(C)C.Cc1ccc(S(=O)(=O)O)cc1. The van der Waals surface area contributed by atoms with Crippen LogP contribution in [0.15, 0.2) is 29.2 Å². The Labute approximate surface area is 212 Å². The van der Waals surface area contributed by atoms with Crippen LogP contribution >= 0.6 is 0 Å². The molecule has 2 rings (SSSR count). The van der Waals surface area contributed by atoms with E-state index in [-0.39, 0.29) is 11.4 Å². The molecule has 0 radical (unpaired) electrons. The third-order valence-corrected chi connectivity index (χ3v) is 8.57. The maximum atomic E-state index is 12.3. The van der Waals surface area contributed by atoms with E-state index in [0.717, 1.165) is 23.9 Å². The zero-order chi connectivity index (χ0) is 26.6. The Hall–Kier alpha value is -1.91. The van der Waals surface area contributed by atoms with E-state index in [4.69, 9.17) is 15.0 Å². The third-order valence-electron chi connectivity index (χ3n) is 5.99. The highest BCUT2D eigenvalue weighted by Crippen LogP contribution is 2.29. The molecular weight excluding hydrogens is 484 g/mol. The van der Waals surface area contributed by atoms with Crippen molar-refractivity contribution >= 4 is 30.2 Å². The van der Waals surface area contributed by atoms with Crippen molar-refractivity contribution in [1.82, 2.24) is 4.90 Å². The Morgan fingerprint density at radius 3 is 2.20 bits per heavy atom. The van der Waals surface area contributed by atoms with Crippen LogP contribution in [-0.2, 0) is 19.6 Å². The van der Waals surface area contributed by atoms with Crippen LogP contribution in [0.3, 0.4) is 0 Å². The molecule has 1 saturated carbocycles. The van der Waals surface area contributed by atoms with Crippen LogP contribution in [0, 0.1) is 18.8 Å². The first-order valence-corrected chi connectivity index (χ1v) is 17.6. The summed E-state index contributed by atoms with van der Waals surface area (Å²) >= 11 is 0. The molecule has 0 heterocycles. The lowest BCUT2D eigenvalue weighted by molar-refractivity contribution is -0.119. The summed E-state index contributed by atoms with van der Waals surface area (Å²) in [5.41, 5.74) is 6.26. The minimum Gasteiger partial charge on any atom is -0.450 e. The van der Waals surface area contributed by atoms with Gasteiger partial charge in [-0.2, -0.15) is 8.42 Å². The molecular formula is C25H44N2O6SSi. The van der Waals surface area contributed by atoms with E-state index in [2.05, 4.69) is 26.6 Å². The fourth-order valence-electron chi connectivity index (χ4n) is 4.08. The van der Waals surface area contributed by atoms with Crippen molar-refractivity contribution in [2.24, 2.45) is 17.6 Å². The van der Waals surface area contributed by atoms with E-state index in [1.165, 1.54) is 49.1 Å². The molecule has 1 atom stereocenters.